The van der Waals surface area contributed by atoms with Gasteiger partial charge in [-0.05, 0) is 25.8 Å². The fourth-order valence-electron chi connectivity index (χ4n) is 4.16. The minimum atomic E-state index is -1.74. The number of pyridine rings is 1. The van der Waals surface area contributed by atoms with E-state index in [9.17, 15) is 28.3 Å². The van der Waals surface area contributed by atoms with E-state index in [1.165, 1.54) is 11.8 Å². The molecule has 0 saturated carbocycles. The Morgan fingerprint density at radius 3 is 2.77 bits per heavy atom. The number of fused-ring (bicyclic) bond motifs is 4. The van der Waals surface area contributed by atoms with E-state index >= 15 is 4.39 Å². The molecule has 1 saturated heterocycles. The van der Waals surface area contributed by atoms with Crippen LogP contribution in [0.3, 0.4) is 0 Å². The molecule has 2 atom stereocenters. The smallest absolute Gasteiger partial charge is 0.274 e. The Balaban J connectivity index is 1.71. The Morgan fingerprint density at radius 1 is 1.32 bits per heavy atom. The summed E-state index contributed by atoms with van der Waals surface area (Å²) >= 11 is 0. The first kappa shape index (κ1) is 21.0. The summed E-state index contributed by atoms with van der Waals surface area (Å²) in [6.45, 7) is 1.38. The van der Waals surface area contributed by atoms with Gasteiger partial charge < -0.3 is 19.9 Å². The third-order valence-electron chi connectivity index (χ3n) is 5.92. The van der Waals surface area contributed by atoms with E-state index < -0.39 is 51.9 Å². The first-order valence-corrected chi connectivity index (χ1v) is 9.78. The largest absolute Gasteiger partial charge is 0.503 e. The van der Waals surface area contributed by atoms with Crippen molar-refractivity contribution in [3.63, 3.8) is 0 Å². The number of carbonyl (C=O) groups excluding carboxylic acids is 2. The normalized spacial score (nSPS) is 22.6. The Bertz CT molecular complexity index is 1150. The van der Waals surface area contributed by atoms with Gasteiger partial charge >= 0.3 is 0 Å². The number of amides is 2. The number of halogens is 3. The van der Waals surface area contributed by atoms with Crippen LogP contribution in [0.5, 0.6) is 5.75 Å². The molecule has 0 spiro atoms. The van der Waals surface area contributed by atoms with Gasteiger partial charge in [-0.25, -0.2) is 13.2 Å². The van der Waals surface area contributed by atoms with Gasteiger partial charge in [-0.3, -0.25) is 14.4 Å². The van der Waals surface area contributed by atoms with Crippen molar-refractivity contribution in [2.45, 2.75) is 38.0 Å². The summed E-state index contributed by atoms with van der Waals surface area (Å²) in [5.41, 5.74) is -3.70. The summed E-state index contributed by atoms with van der Waals surface area (Å²) in [7, 11) is 0. The molecule has 31 heavy (non-hydrogen) atoms. The third kappa shape index (κ3) is 3.55. The molecule has 0 radical (unpaired) electrons. The third-order valence-corrected chi connectivity index (χ3v) is 5.92. The average molecular weight is 435 g/mol. The minimum absolute atomic E-state index is 0.0112. The maximum Gasteiger partial charge on any atom is 0.274 e. The summed E-state index contributed by atoms with van der Waals surface area (Å²) in [5.74, 6) is -4.13. The Hall–Kier alpha value is -3.30. The summed E-state index contributed by atoms with van der Waals surface area (Å²) in [6.07, 6.45) is 1.65. The van der Waals surface area contributed by atoms with Crippen molar-refractivity contribution < 1.29 is 27.9 Å². The molecule has 1 aromatic carbocycles. The molecule has 1 aromatic heterocycles. The van der Waals surface area contributed by atoms with Gasteiger partial charge in [-0.2, -0.15) is 0 Å². The lowest BCUT2D eigenvalue weighted by atomic mass is 9.92. The van der Waals surface area contributed by atoms with Crippen LogP contribution in [0.15, 0.2) is 29.2 Å². The van der Waals surface area contributed by atoms with Crippen LogP contribution in [0.25, 0.3) is 0 Å². The predicted octanol–water partition coefficient (Wildman–Crippen LogP) is 2.28. The monoisotopic (exact) mass is 435 g/mol. The fraction of sp³-hybridized carbons (Fsp3) is 0.381. The van der Waals surface area contributed by atoms with Crippen molar-refractivity contribution in [1.29, 1.82) is 0 Å². The van der Waals surface area contributed by atoms with E-state index in [2.05, 4.69) is 5.32 Å². The molecule has 2 bridgehead atoms. The van der Waals surface area contributed by atoms with Crippen molar-refractivity contribution in [1.82, 2.24) is 14.8 Å². The van der Waals surface area contributed by atoms with Gasteiger partial charge in [0.15, 0.2) is 11.4 Å². The molecule has 1 fully saturated rings. The molecule has 2 amide bonds. The summed E-state index contributed by atoms with van der Waals surface area (Å²) < 4.78 is 43.3. The maximum absolute atomic E-state index is 15.3. The highest BCUT2D eigenvalue weighted by Gasteiger charge is 2.46. The average Bonchev–Trinajstić information content (AvgIpc) is 2.84. The molecule has 10 heteroatoms. The van der Waals surface area contributed by atoms with Crippen LogP contribution in [-0.4, -0.2) is 45.1 Å². The van der Waals surface area contributed by atoms with Gasteiger partial charge in [0.1, 0.15) is 22.9 Å². The Kier molecular flexibility index (Phi) is 5.03. The van der Waals surface area contributed by atoms with E-state index in [0.29, 0.717) is 19.0 Å². The summed E-state index contributed by atoms with van der Waals surface area (Å²) in [5, 5.41) is 12.8. The molecular weight excluding hydrogens is 415 g/mol. The number of hydrogen-bond donors (Lipinski definition) is 2. The van der Waals surface area contributed by atoms with Gasteiger partial charge in [-0.1, -0.05) is 6.07 Å². The van der Waals surface area contributed by atoms with Crippen LogP contribution in [0, 0.1) is 11.6 Å². The van der Waals surface area contributed by atoms with Crippen LogP contribution >= 0.6 is 0 Å². The summed E-state index contributed by atoms with van der Waals surface area (Å²) in [6, 6.07) is 1.94. The molecule has 4 rings (SSSR count). The fourth-order valence-corrected chi connectivity index (χ4v) is 4.16. The van der Waals surface area contributed by atoms with Crippen molar-refractivity contribution in [2.75, 3.05) is 13.1 Å². The first-order chi connectivity index (χ1) is 14.6. The number of benzene rings is 1. The molecule has 0 unspecified atom stereocenters. The van der Waals surface area contributed by atoms with Crippen LogP contribution in [-0.2, 0) is 6.54 Å². The van der Waals surface area contributed by atoms with E-state index in [4.69, 9.17) is 0 Å². The van der Waals surface area contributed by atoms with Gasteiger partial charge in [0.05, 0.1) is 6.04 Å². The van der Waals surface area contributed by atoms with Crippen LogP contribution < -0.4 is 10.7 Å². The number of alkyl halides is 1. The van der Waals surface area contributed by atoms with Crippen molar-refractivity contribution in [3.05, 3.63) is 63.1 Å². The van der Waals surface area contributed by atoms with E-state index in [1.807, 2.05) is 0 Å². The lowest BCUT2D eigenvalue weighted by Gasteiger charge is -2.38. The highest BCUT2D eigenvalue weighted by molar-refractivity contribution is 5.99. The molecule has 2 N–H and O–H groups in total. The van der Waals surface area contributed by atoms with Crippen molar-refractivity contribution >= 4 is 11.8 Å². The molecule has 3 heterocycles. The SMILES string of the molecule is C[C@]1(F)CCCN2C[C@@H]1n1cc(C(=O)NCc3ccc(F)cc3F)c(=O)c(O)c1C2=O. The molecule has 7 nitrogen and oxygen atoms in total. The number of aromatic nitrogens is 1. The summed E-state index contributed by atoms with van der Waals surface area (Å²) in [4.78, 5) is 39.3. The zero-order chi connectivity index (χ0) is 22.5. The van der Waals surface area contributed by atoms with E-state index in [1.54, 1.807) is 0 Å². The zero-order valence-electron chi connectivity index (χ0n) is 16.6. The van der Waals surface area contributed by atoms with Crippen molar-refractivity contribution in [2.24, 2.45) is 0 Å². The predicted molar refractivity (Wildman–Crippen MR) is 104 cm³/mol. The van der Waals surface area contributed by atoms with E-state index in [-0.39, 0.29) is 30.8 Å². The molecular formula is C21H20F3N3O4. The molecule has 2 aromatic rings. The second kappa shape index (κ2) is 7.44. The highest BCUT2D eigenvalue weighted by Crippen LogP contribution is 2.40. The van der Waals surface area contributed by atoms with Gasteiger partial charge in [0.2, 0.25) is 5.43 Å². The van der Waals surface area contributed by atoms with Crippen LogP contribution in [0.2, 0.25) is 0 Å². The molecule has 164 valence electrons. The number of hydrogen-bond acceptors (Lipinski definition) is 4. The minimum Gasteiger partial charge on any atom is -0.503 e. The van der Waals surface area contributed by atoms with Gasteiger partial charge in [-0.15, -0.1) is 0 Å². The van der Waals surface area contributed by atoms with Gasteiger partial charge in [0.25, 0.3) is 11.8 Å². The molecule has 0 aliphatic carbocycles. The number of rotatable bonds is 3. The number of aromatic hydroxyl groups is 1. The van der Waals surface area contributed by atoms with Gasteiger partial charge in [0, 0.05) is 37.5 Å². The standard InChI is InChI=1S/C21H20F3N3O4/c1-21(24)5-2-6-26-10-15(21)27-9-13(17(28)18(29)16(27)20(26)31)19(30)25-8-11-3-4-12(22)7-14(11)23/h3-4,7,9,15,29H,2,5-6,8,10H2,1H3,(H,25,30)/t15-,21-/m0/s1. The highest BCUT2D eigenvalue weighted by atomic mass is 19.1. The maximum atomic E-state index is 15.3. The second-order valence-corrected chi connectivity index (χ2v) is 8.04. The van der Waals surface area contributed by atoms with Crippen LogP contribution in [0.4, 0.5) is 13.2 Å². The Morgan fingerprint density at radius 2 is 2.06 bits per heavy atom. The second-order valence-electron chi connectivity index (χ2n) is 8.04. The first-order valence-electron chi connectivity index (χ1n) is 9.78. The van der Waals surface area contributed by atoms with Crippen molar-refractivity contribution in [3.8, 4) is 5.75 Å². The van der Waals surface area contributed by atoms with E-state index in [0.717, 1.165) is 22.9 Å². The lowest BCUT2D eigenvalue weighted by Crippen LogP contribution is -2.48. The Labute approximate surface area is 175 Å². The quantitative estimate of drug-likeness (QED) is 0.774. The topological polar surface area (TPSA) is 91.6 Å². The molecule has 2 aliphatic heterocycles. The number of nitrogens with zero attached hydrogens (tertiary/aromatic N) is 2. The number of nitrogens with one attached hydrogen (secondary N) is 1. The number of carbonyl (C=O) groups is 2. The van der Waals surface area contributed by atoms with Crippen LogP contribution in [0.1, 0.15) is 52.2 Å². The zero-order valence-corrected chi connectivity index (χ0v) is 16.6. The lowest BCUT2D eigenvalue weighted by molar-refractivity contribution is 0.0520. The molecule has 2 aliphatic rings.